The minimum atomic E-state index is -0.102. The molecule has 0 aromatic heterocycles. The van der Waals surface area contributed by atoms with Gasteiger partial charge in [-0.3, -0.25) is 4.90 Å². The van der Waals surface area contributed by atoms with Crippen molar-refractivity contribution < 1.29 is 14.6 Å². The van der Waals surface area contributed by atoms with Crippen LogP contribution in [-0.4, -0.2) is 48.5 Å². The Morgan fingerprint density at radius 2 is 2.06 bits per heavy atom. The van der Waals surface area contributed by atoms with Gasteiger partial charge in [0.05, 0.1) is 0 Å². The Balaban J connectivity index is 1.54. The Morgan fingerprint density at radius 3 is 2.72 bits per heavy atom. The third-order valence-corrected chi connectivity index (χ3v) is 10.0. The van der Waals surface area contributed by atoms with Gasteiger partial charge in [-0.1, -0.05) is 45.9 Å². The van der Waals surface area contributed by atoms with E-state index in [4.69, 9.17) is 9.47 Å². The van der Waals surface area contributed by atoms with Crippen LogP contribution in [0.15, 0.2) is 24.3 Å². The van der Waals surface area contributed by atoms with E-state index < -0.39 is 0 Å². The SMILES string of the molecule is C=C([C@H]1C[C@]2(C)[C@H]3Cc4ccc(O)c5c4[C@@]2(CCN3CC2CC2)[C@@H](O5)[C@@H]1OC)C(C)(C)C. The van der Waals surface area contributed by atoms with Crippen LogP contribution < -0.4 is 4.74 Å². The van der Waals surface area contributed by atoms with Crippen LogP contribution in [-0.2, 0) is 16.6 Å². The van der Waals surface area contributed by atoms with Crippen molar-refractivity contribution in [3.05, 3.63) is 35.4 Å². The van der Waals surface area contributed by atoms with Crippen LogP contribution >= 0.6 is 0 Å². The molecule has 1 aromatic rings. The third-order valence-electron chi connectivity index (χ3n) is 10.0. The molecule has 1 N–H and O–H groups in total. The van der Waals surface area contributed by atoms with Crippen molar-refractivity contribution >= 4 is 0 Å². The number of aromatic hydroxyl groups is 1. The first-order valence-electron chi connectivity index (χ1n) is 12.6. The zero-order chi connectivity index (χ0) is 22.6. The van der Waals surface area contributed by atoms with Crippen LogP contribution in [0.3, 0.4) is 0 Å². The van der Waals surface area contributed by atoms with Crippen LogP contribution in [0.25, 0.3) is 0 Å². The highest BCUT2D eigenvalue weighted by Crippen LogP contribution is 2.71. The molecule has 6 rings (SSSR count). The molecule has 2 saturated carbocycles. The molecule has 0 radical (unpaired) electrons. The summed E-state index contributed by atoms with van der Waals surface area (Å²) in [4.78, 5) is 2.82. The number of hydrogen-bond donors (Lipinski definition) is 1. The zero-order valence-corrected chi connectivity index (χ0v) is 20.4. The molecule has 3 fully saturated rings. The van der Waals surface area contributed by atoms with Crippen molar-refractivity contribution in [2.45, 2.75) is 83.5 Å². The average Bonchev–Trinajstić information content (AvgIpc) is 3.47. The molecule has 4 heteroatoms. The van der Waals surface area contributed by atoms with E-state index in [1.807, 2.05) is 13.2 Å². The Bertz CT molecular complexity index is 976. The Labute approximate surface area is 193 Å². The predicted octanol–water partition coefficient (Wildman–Crippen LogP) is 5.07. The summed E-state index contributed by atoms with van der Waals surface area (Å²) in [5.74, 6) is 2.15. The Kier molecular flexibility index (Phi) is 4.30. The molecule has 5 aliphatic rings. The maximum atomic E-state index is 10.8. The number of benzene rings is 1. The fourth-order valence-corrected chi connectivity index (χ4v) is 8.13. The van der Waals surface area contributed by atoms with Gasteiger partial charge in [0.2, 0.25) is 0 Å². The summed E-state index contributed by atoms with van der Waals surface area (Å²) in [6.45, 7) is 16.3. The number of piperidine rings is 1. The predicted molar refractivity (Wildman–Crippen MR) is 126 cm³/mol. The Morgan fingerprint density at radius 1 is 1.31 bits per heavy atom. The van der Waals surface area contributed by atoms with Gasteiger partial charge in [0.25, 0.3) is 0 Å². The molecule has 6 atom stereocenters. The summed E-state index contributed by atoms with van der Waals surface area (Å²) in [6, 6.07) is 4.51. The lowest BCUT2D eigenvalue weighted by Gasteiger charge is -2.67. The highest BCUT2D eigenvalue weighted by Gasteiger charge is 2.73. The lowest BCUT2D eigenvalue weighted by Crippen LogP contribution is -2.74. The molecule has 1 spiro atoms. The number of hydrogen-bond acceptors (Lipinski definition) is 4. The molecule has 0 unspecified atom stereocenters. The second-order valence-electron chi connectivity index (χ2n) is 12.6. The third kappa shape index (κ3) is 2.51. The van der Waals surface area contributed by atoms with Gasteiger partial charge in [-0.05, 0) is 67.0 Å². The summed E-state index contributed by atoms with van der Waals surface area (Å²) in [5, 5.41) is 10.8. The van der Waals surface area contributed by atoms with Crippen molar-refractivity contribution in [3.8, 4) is 11.5 Å². The van der Waals surface area contributed by atoms with Gasteiger partial charge in [-0.25, -0.2) is 0 Å². The van der Waals surface area contributed by atoms with Crippen LogP contribution in [0.1, 0.15) is 64.5 Å². The molecule has 2 aliphatic heterocycles. The largest absolute Gasteiger partial charge is 0.504 e. The minimum absolute atomic E-state index is 0.0124. The summed E-state index contributed by atoms with van der Waals surface area (Å²) in [5.41, 5.74) is 3.92. The average molecular weight is 438 g/mol. The van der Waals surface area contributed by atoms with Gasteiger partial charge >= 0.3 is 0 Å². The molecular formula is C28H39NO3. The van der Waals surface area contributed by atoms with E-state index in [1.54, 1.807) is 0 Å². The van der Waals surface area contributed by atoms with Gasteiger partial charge in [-0.15, -0.1) is 0 Å². The number of phenolic OH excluding ortho intramolecular Hbond substituents is 1. The summed E-state index contributed by atoms with van der Waals surface area (Å²) in [7, 11) is 1.84. The molecule has 2 bridgehead atoms. The molecular weight excluding hydrogens is 398 g/mol. The fraction of sp³-hybridized carbons (Fsp3) is 0.714. The molecule has 32 heavy (non-hydrogen) atoms. The molecule has 3 aliphatic carbocycles. The van der Waals surface area contributed by atoms with Gasteiger partial charge in [0.15, 0.2) is 11.5 Å². The normalized spacial score (nSPS) is 40.0. The summed E-state index contributed by atoms with van der Waals surface area (Å²) < 4.78 is 13.0. The minimum Gasteiger partial charge on any atom is -0.504 e. The highest BCUT2D eigenvalue weighted by molar-refractivity contribution is 5.62. The molecule has 0 amide bonds. The molecule has 174 valence electrons. The lowest BCUT2D eigenvalue weighted by molar-refractivity contribution is -0.178. The van der Waals surface area contributed by atoms with Crippen molar-refractivity contribution in [2.24, 2.45) is 22.7 Å². The number of methoxy groups -OCH3 is 1. The highest BCUT2D eigenvalue weighted by atomic mass is 16.5. The van der Waals surface area contributed by atoms with Gasteiger partial charge in [0.1, 0.15) is 12.2 Å². The van der Waals surface area contributed by atoms with E-state index in [1.165, 1.54) is 36.1 Å². The maximum Gasteiger partial charge on any atom is 0.165 e. The first-order valence-corrected chi connectivity index (χ1v) is 12.6. The second kappa shape index (κ2) is 6.54. The summed E-state index contributed by atoms with van der Waals surface area (Å²) in [6.07, 6.45) is 5.85. The van der Waals surface area contributed by atoms with E-state index in [0.29, 0.717) is 6.04 Å². The fourth-order valence-electron chi connectivity index (χ4n) is 8.13. The van der Waals surface area contributed by atoms with Crippen molar-refractivity contribution in [3.63, 3.8) is 0 Å². The number of phenols is 1. The van der Waals surface area contributed by atoms with E-state index in [-0.39, 0.29) is 40.1 Å². The van der Waals surface area contributed by atoms with Crippen LogP contribution in [0.4, 0.5) is 0 Å². The van der Waals surface area contributed by atoms with Crippen LogP contribution in [0.2, 0.25) is 0 Å². The molecule has 1 saturated heterocycles. The van der Waals surface area contributed by atoms with Crippen molar-refractivity contribution in [2.75, 3.05) is 20.2 Å². The number of likely N-dealkylation sites (tertiary alicyclic amines) is 1. The van der Waals surface area contributed by atoms with Crippen molar-refractivity contribution in [1.82, 2.24) is 4.90 Å². The maximum absolute atomic E-state index is 10.8. The van der Waals surface area contributed by atoms with E-state index >= 15 is 0 Å². The van der Waals surface area contributed by atoms with Gasteiger partial charge in [-0.2, -0.15) is 0 Å². The number of rotatable bonds is 4. The van der Waals surface area contributed by atoms with E-state index in [2.05, 4.69) is 45.2 Å². The first kappa shape index (κ1) is 21.0. The van der Waals surface area contributed by atoms with Crippen LogP contribution in [0, 0.1) is 22.7 Å². The standard InChI is InChI=1S/C28H39NO3/c1-16(26(2,3)4)19-14-27(5)21-13-18-9-10-20(30)24-22(18)28(27,25(32-24)23(19)31-6)11-12-29(21)15-17-7-8-17/h9-10,17,19,21,23,25,30H,1,7-8,11-15H2,2-6H3/t19-,21-,23-,25+,27-,28+/m1/s1. The monoisotopic (exact) mass is 437 g/mol. The Hall–Kier alpha value is -1.52. The lowest BCUT2D eigenvalue weighted by atomic mass is 9.41. The van der Waals surface area contributed by atoms with Crippen LogP contribution in [0.5, 0.6) is 11.5 Å². The number of ether oxygens (including phenoxy) is 2. The first-order chi connectivity index (χ1) is 15.1. The van der Waals surface area contributed by atoms with Gasteiger partial charge in [0, 0.05) is 36.6 Å². The molecule has 4 nitrogen and oxygen atoms in total. The second-order valence-corrected chi connectivity index (χ2v) is 12.6. The van der Waals surface area contributed by atoms with Crippen molar-refractivity contribution in [1.29, 1.82) is 0 Å². The number of nitrogens with zero attached hydrogens (tertiary/aromatic N) is 1. The van der Waals surface area contributed by atoms with E-state index in [9.17, 15) is 5.11 Å². The zero-order valence-electron chi connectivity index (χ0n) is 20.4. The smallest absolute Gasteiger partial charge is 0.165 e. The van der Waals surface area contributed by atoms with Gasteiger partial charge < -0.3 is 14.6 Å². The molecule has 2 heterocycles. The quantitative estimate of drug-likeness (QED) is 0.668. The summed E-state index contributed by atoms with van der Waals surface area (Å²) >= 11 is 0. The molecule has 1 aromatic carbocycles. The van der Waals surface area contributed by atoms with E-state index in [0.717, 1.165) is 37.5 Å². The topological polar surface area (TPSA) is 41.9 Å².